The smallest absolute Gasteiger partial charge is 0.243 e. The van der Waals surface area contributed by atoms with Gasteiger partial charge in [-0.3, -0.25) is 19.2 Å². The van der Waals surface area contributed by atoms with E-state index in [0.717, 1.165) is 43.9 Å². The van der Waals surface area contributed by atoms with Crippen LogP contribution in [0.3, 0.4) is 0 Å². The van der Waals surface area contributed by atoms with E-state index in [9.17, 15) is 32.7 Å². The van der Waals surface area contributed by atoms with E-state index in [1.54, 1.807) is 6.07 Å². The number of benzene rings is 2. The maximum atomic E-state index is 14.6. The molecule has 0 saturated heterocycles. The Hall–Kier alpha value is -3.81. The number of nitrogens with one attached hydrogen (secondary N) is 3. The Bertz CT molecular complexity index is 1690. The minimum atomic E-state index is -3.48. The van der Waals surface area contributed by atoms with E-state index in [2.05, 4.69) is 16.0 Å². The van der Waals surface area contributed by atoms with Gasteiger partial charge in [0.05, 0.1) is 23.6 Å². The molecular weight excluding hydrogens is 709 g/mol. The molecule has 4 rings (SSSR count). The molecular formula is C41H60N4O8S. The number of sulfone groups is 1. The molecule has 1 saturated carbocycles. The Morgan fingerprint density at radius 1 is 0.907 bits per heavy atom. The predicted molar refractivity (Wildman–Crippen MR) is 207 cm³/mol. The number of Topliss-reactive ketones (excluding diaryl/α,β-unsaturated/α-hetero) is 1. The van der Waals surface area contributed by atoms with Gasteiger partial charge in [-0.05, 0) is 54.4 Å². The first-order chi connectivity index (χ1) is 25.5. The molecule has 6 N–H and O–H groups in total. The summed E-state index contributed by atoms with van der Waals surface area (Å²) in [6, 6.07) is 10.4. The zero-order valence-corrected chi connectivity index (χ0v) is 33.2. The van der Waals surface area contributed by atoms with Crippen molar-refractivity contribution >= 4 is 33.3 Å². The monoisotopic (exact) mass is 768 g/mol. The van der Waals surface area contributed by atoms with Crippen LogP contribution in [0.15, 0.2) is 53.4 Å². The number of ketones is 1. The highest BCUT2D eigenvalue weighted by molar-refractivity contribution is 7.90. The summed E-state index contributed by atoms with van der Waals surface area (Å²) in [5.74, 6) is -2.49. The van der Waals surface area contributed by atoms with E-state index in [-0.39, 0.29) is 54.3 Å². The molecule has 0 bridgehead atoms. The number of ether oxygens (including phenoxy) is 1. The van der Waals surface area contributed by atoms with E-state index in [1.807, 2.05) is 58.0 Å². The Morgan fingerprint density at radius 2 is 1.59 bits per heavy atom. The number of amides is 3. The van der Waals surface area contributed by atoms with Crippen LogP contribution in [-0.4, -0.2) is 80.7 Å². The van der Waals surface area contributed by atoms with Crippen LogP contribution in [0.1, 0.15) is 96.1 Å². The fourth-order valence-electron chi connectivity index (χ4n) is 7.47. The van der Waals surface area contributed by atoms with Gasteiger partial charge in [-0.25, -0.2) is 8.42 Å². The van der Waals surface area contributed by atoms with Gasteiger partial charge in [0.15, 0.2) is 15.6 Å². The van der Waals surface area contributed by atoms with Gasteiger partial charge < -0.3 is 31.5 Å². The summed E-state index contributed by atoms with van der Waals surface area (Å²) in [5, 5.41) is 20.2. The van der Waals surface area contributed by atoms with Gasteiger partial charge in [0.1, 0.15) is 17.8 Å². The lowest BCUT2D eigenvalue weighted by atomic mass is 9.76. The number of carbonyl (C=O) groups is 4. The largest absolute Gasteiger partial charge is 0.493 e. The maximum Gasteiger partial charge on any atom is 0.243 e. The van der Waals surface area contributed by atoms with Gasteiger partial charge in [-0.1, -0.05) is 90.1 Å². The molecule has 0 radical (unpaired) electrons. The third kappa shape index (κ3) is 12.4. The van der Waals surface area contributed by atoms with Crippen molar-refractivity contribution in [1.82, 2.24) is 16.0 Å². The van der Waals surface area contributed by atoms with Crippen LogP contribution < -0.4 is 26.4 Å². The molecule has 1 fully saturated rings. The first-order valence-electron chi connectivity index (χ1n) is 19.4. The summed E-state index contributed by atoms with van der Waals surface area (Å²) < 4.78 is 30.2. The molecule has 2 unspecified atom stereocenters. The second-order valence-corrected chi connectivity index (χ2v) is 18.1. The lowest BCUT2D eigenvalue weighted by Gasteiger charge is -2.34. The van der Waals surface area contributed by atoms with E-state index in [1.165, 1.54) is 12.1 Å². The summed E-state index contributed by atoms with van der Waals surface area (Å²) >= 11 is 0. The number of nitrogens with two attached hydrogens (primary N) is 1. The molecule has 13 heteroatoms. The molecule has 6 atom stereocenters. The van der Waals surface area contributed by atoms with Crippen molar-refractivity contribution in [3.63, 3.8) is 0 Å². The lowest BCUT2D eigenvalue weighted by Crippen LogP contribution is -2.57. The van der Waals surface area contributed by atoms with Crippen molar-refractivity contribution in [3.05, 3.63) is 59.7 Å². The molecule has 1 aliphatic heterocycles. The summed E-state index contributed by atoms with van der Waals surface area (Å²) in [7, 11) is -3.48. The number of fused-ring (bicyclic) bond motifs is 1. The van der Waals surface area contributed by atoms with Gasteiger partial charge in [0.2, 0.25) is 17.7 Å². The van der Waals surface area contributed by atoms with Crippen LogP contribution in [0.4, 0.5) is 0 Å². The maximum absolute atomic E-state index is 14.6. The summed E-state index contributed by atoms with van der Waals surface area (Å²) in [4.78, 5) is 55.5. The highest BCUT2D eigenvalue weighted by atomic mass is 32.2. The Morgan fingerprint density at radius 3 is 2.22 bits per heavy atom. The molecule has 0 spiro atoms. The lowest BCUT2D eigenvalue weighted by molar-refractivity contribution is -0.137. The number of carbonyl (C=O) groups excluding carboxylic acids is 4. The molecule has 3 amide bonds. The average molecular weight is 769 g/mol. The third-order valence-electron chi connectivity index (χ3n) is 10.5. The molecule has 0 aromatic heterocycles. The molecule has 2 aromatic rings. The van der Waals surface area contributed by atoms with E-state index < -0.39 is 63.6 Å². The SMILES string of the molecule is CC(C)CNC(=O)C(N)[C@@H](O)[C@H](CC1CCCCC1)C(=O)[C@H](CC(C)C)NC(=O)[C@H](Cc1ccccc1)NC(=O)CC1COc2ccc(S(C)(=O)=O)cc21. The highest BCUT2D eigenvalue weighted by Crippen LogP contribution is 2.37. The summed E-state index contributed by atoms with van der Waals surface area (Å²) in [6.07, 6.45) is 5.34. The van der Waals surface area contributed by atoms with Crippen molar-refractivity contribution in [1.29, 1.82) is 0 Å². The molecule has 12 nitrogen and oxygen atoms in total. The number of hydrogen-bond donors (Lipinski definition) is 5. The van der Waals surface area contributed by atoms with Crippen molar-refractivity contribution in [3.8, 4) is 5.75 Å². The standard InChI is InChI=1S/C41H60N4O8S/c1-25(2)18-33(38(47)32(19-27-12-8-6-9-13-27)39(48)37(42)41(50)43-23-26(3)4)45-40(49)34(20-28-14-10-7-11-15-28)44-36(46)21-29-24-53-35-17-16-30(22-31(29)35)54(5,51)52/h7,10-11,14-17,22,25-27,29,32-34,37,39,48H,6,8-9,12-13,18-21,23-24,42H2,1-5H3,(H,43,50)(H,44,46)(H,45,49)/t29?,32-,33+,34+,37?,39+/m1/s1. The topological polar surface area (TPSA) is 194 Å². The Balaban J connectivity index is 1.57. The Kier molecular flexibility index (Phi) is 15.6. The van der Waals surface area contributed by atoms with Crippen LogP contribution in [0, 0.1) is 23.7 Å². The van der Waals surface area contributed by atoms with Crippen LogP contribution in [-0.2, 0) is 35.4 Å². The van der Waals surface area contributed by atoms with Crippen molar-refractivity contribution in [2.75, 3.05) is 19.4 Å². The molecule has 2 aromatic carbocycles. The minimum Gasteiger partial charge on any atom is -0.493 e. The average Bonchev–Trinajstić information content (AvgIpc) is 3.53. The van der Waals surface area contributed by atoms with Crippen LogP contribution in [0.2, 0.25) is 0 Å². The zero-order valence-electron chi connectivity index (χ0n) is 32.4. The summed E-state index contributed by atoms with van der Waals surface area (Å²) in [5.41, 5.74) is 7.72. The van der Waals surface area contributed by atoms with Crippen molar-refractivity contribution in [2.45, 2.75) is 121 Å². The number of aliphatic hydroxyl groups excluding tert-OH is 1. The molecule has 1 heterocycles. The van der Waals surface area contributed by atoms with Crippen LogP contribution in [0.5, 0.6) is 5.75 Å². The van der Waals surface area contributed by atoms with Gasteiger partial charge >= 0.3 is 0 Å². The van der Waals surface area contributed by atoms with Crippen molar-refractivity contribution in [2.24, 2.45) is 29.4 Å². The van der Waals surface area contributed by atoms with Gasteiger partial charge in [0.25, 0.3) is 0 Å². The minimum absolute atomic E-state index is 0.0174. The van der Waals surface area contributed by atoms with E-state index in [0.29, 0.717) is 24.3 Å². The highest BCUT2D eigenvalue weighted by Gasteiger charge is 2.40. The van der Waals surface area contributed by atoms with Gasteiger partial charge in [-0.2, -0.15) is 0 Å². The molecule has 1 aliphatic carbocycles. The fourth-order valence-corrected chi connectivity index (χ4v) is 8.13. The molecule has 2 aliphatic rings. The van der Waals surface area contributed by atoms with Gasteiger partial charge in [-0.15, -0.1) is 0 Å². The second-order valence-electron chi connectivity index (χ2n) is 16.1. The second kappa shape index (κ2) is 19.7. The molecule has 54 heavy (non-hydrogen) atoms. The first kappa shape index (κ1) is 42.9. The van der Waals surface area contributed by atoms with Crippen molar-refractivity contribution < 1.29 is 37.4 Å². The molecule has 298 valence electrons. The summed E-state index contributed by atoms with van der Waals surface area (Å²) in [6.45, 7) is 8.32. The van der Waals surface area contributed by atoms with Crippen LogP contribution >= 0.6 is 0 Å². The number of hydrogen-bond acceptors (Lipinski definition) is 9. The quantitative estimate of drug-likeness (QED) is 0.141. The first-order valence-corrected chi connectivity index (χ1v) is 21.3. The number of rotatable bonds is 19. The van der Waals surface area contributed by atoms with Gasteiger partial charge in [0, 0.05) is 43.0 Å². The third-order valence-corrected chi connectivity index (χ3v) is 11.6. The van der Waals surface area contributed by atoms with Crippen LogP contribution in [0.25, 0.3) is 0 Å². The van der Waals surface area contributed by atoms with E-state index >= 15 is 0 Å². The number of aliphatic hydroxyl groups is 1. The van der Waals surface area contributed by atoms with E-state index in [4.69, 9.17) is 10.5 Å². The zero-order chi connectivity index (χ0) is 39.6. The Labute approximate surface area is 320 Å². The fraction of sp³-hybridized carbons (Fsp3) is 0.610. The predicted octanol–water partition coefficient (Wildman–Crippen LogP) is 3.83. The normalized spacial score (nSPS) is 18.9.